The van der Waals surface area contributed by atoms with Crippen LogP contribution in [-0.2, 0) is 28.8 Å². The van der Waals surface area contributed by atoms with Gasteiger partial charge in [-0.05, 0) is 124 Å². The summed E-state index contributed by atoms with van der Waals surface area (Å²) in [6, 6.07) is 37.2. The van der Waals surface area contributed by atoms with Crippen molar-refractivity contribution >= 4 is 105 Å². The van der Waals surface area contributed by atoms with Gasteiger partial charge in [0.05, 0.1) is 56.4 Å². The van der Waals surface area contributed by atoms with Gasteiger partial charge in [0.1, 0.15) is 46.6 Å². The highest BCUT2D eigenvalue weighted by Gasteiger charge is 2.29. The molecule has 7 heterocycles. The highest BCUT2D eigenvalue weighted by Crippen LogP contribution is 2.41. The van der Waals surface area contributed by atoms with Crippen molar-refractivity contribution in [3.63, 3.8) is 0 Å². The van der Waals surface area contributed by atoms with Gasteiger partial charge in [-0.15, -0.1) is 0 Å². The number of anilines is 2. The van der Waals surface area contributed by atoms with Crippen LogP contribution < -0.4 is 87.7 Å². The Kier molecular flexibility index (Phi) is 33.5. The molecular formula is C86H90F4N24O13. The summed E-state index contributed by atoms with van der Waals surface area (Å²) >= 11 is 0. The standard InChI is InChI=1S/C33H33FN6O7.C21H20FN5O3.C12H15FN4O.C10H10N4O.C9H8FN5O.CH4/c1-18-25(44-5)15-21(16-26(18)45-6)30-31(47-17-35-30)20-10-11-24(43-4)27(14-20)46-13-12-28(42)40(3)23-9-7-8-22(34)29(23)33-38-36-32(19(2)41)37-39-33;1-13-7-9-15(10-8-13)30-12-11-18(29)27(3)17-6-4-5-16(22)19(17)21-25-23-20(14(2)28)24-26-21;1-3-8-5-4-6-9(13)10(8)12-16-14-11(7(2)18)15-17-12;1-7(15)9-11-13-10(14-12-9)8-5-3-2-4-6-8;1-5(16)8-12-14-9(15-13-8)6-2-3-7(10)11-4-6;/h7-17,28,42H,1-6H3,(H,36,37)(H,38,39);4-12H,1-3H3,(H,23,24)(H,25,26);4,6,8H,3,5H2,1-2H3,(H,14,15)(H,16,17);2-6H,1H3,(H,11,12)(H,13,14);2-4H,1H3,(H,12,13)(H,14,15);1H4/b13-12+;12-11+;;;;. The zero-order chi connectivity index (χ0) is 90.7. The fourth-order valence-corrected chi connectivity index (χ4v) is 11.6. The first-order valence-corrected chi connectivity index (χ1v) is 38.1. The summed E-state index contributed by atoms with van der Waals surface area (Å²) in [6.07, 6.45) is 11.4. The Bertz CT molecular complexity index is 5860. The Labute approximate surface area is 725 Å². The average molecular weight is 1740 g/mol. The van der Waals surface area contributed by atoms with Gasteiger partial charge in [0, 0.05) is 94.4 Å². The minimum atomic E-state index is -1.26. The molecule has 41 heteroatoms. The predicted octanol–water partition coefficient (Wildman–Crippen LogP) is 9.69. The monoisotopic (exact) mass is 1740 g/mol. The molecule has 2 unspecified atom stereocenters. The number of halogens is 4. The van der Waals surface area contributed by atoms with Gasteiger partial charge in [-0.25, -0.2) is 23.1 Å². The molecule has 8 aromatic rings. The van der Waals surface area contributed by atoms with Crippen molar-refractivity contribution in [1.82, 2.24) is 64.2 Å². The van der Waals surface area contributed by atoms with Crippen LogP contribution in [0.25, 0.3) is 22.6 Å². The Morgan fingerprint density at radius 1 is 0.512 bits per heavy atom. The van der Waals surface area contributed by atoms with Gasteiger partial charge in [0.25, 0.3) is 5.91 Å². The summed E-state index contributed by atoms with van der Waals surface area (Å²) < 4.78 is 89.7. The van der Waals surface area contributed by atoms with Crippen LogP contribution in [0.3, 0.4) is 0 Å². The number of ketones is 5. The molecule has 0 saturated carbocycles. The molecule has 37 nitrogen and oxygen atoms in total. The summed E-state index contributed by atoms with van der Waals surface area (Å²) in [6.45, 7) is 12.7. The molecule has 6 aromatic carbocycles. The number of aliphatic hydroxyl groups is 1. The minimum Gasteiger partial charge on any atom is -0.496 e. The lowest BCUT2D eigenvalue weighted by Crippen LogP contribution is -2.39. The summed E-state index contributed by atoms with van der Waals surface area (Å²) in [5, 5.41) is 50.0. The number of hydrogen-bond acceptors (Lipinski definition) is 36. The van der Waals surface area contributed by atoms with Crippen molar-refractivity contribution in [2.24, 2.45) is 56.9 Å². The average Bonchev–Trinajstić information content (AvgIpc) is 1.76. The largest absolute Gasteiger partial charge is 0.496 e. The van der Waals surface area contributed by atoms with Crippen LogP contribution in [0, 0.1) is 37.3 Å². The Morgan fingerprint density at radius 3 is 1.47 bits per heavy atom. The van der Waals surface area contributed by atoms with Gasteiger partial charge in [-0.2, -0.15) is 55.4 Å². The number of oxazole rings is 1. The summed E-state index contributed by atoms with van der Waals surface area (Å²) in [5.74, 6) is 1.17. The molecule has 14 rings (SSSR count). The number of ether oxygens (including phenoxy) is 5. The number of nitrogens with zero attached hydrogens (tertiary/aromatic N) is 14. The van der Waals surface area contributed by atoms with Crippen LogP contribution in [-0.4, -0.2) is 150 Å². The van der Waals surface area contributed by atoms with Crippen molar-refractivity contribution in [2.45, 2.75) is 81.9 Å². The molecule has 0 saturated heterocycles. The van der Waals surface area contributed by atoms with Crippen LogP contribution in [0.1, 0.15) is 95.2 Å². The molecule has 0 spiro atoms. The van der Waals surface area contributed by atoms with Crippen molar-refractivity contribution in [3.05, 3.63) is 245 Å². The zero-order valence-corrected chi connectivity index (χ0v) is 70.0. The van der Waals surface area contributed by atoms with Gasteiger partial charge in [-0.1, -0.05) is 80.6 Å². The van der Waals surface area contributed by atoms with E-state index in [1.54, 1.807) is 63.7 Å². The summed E-state index contributed by atoms with van der Waals surface area (Å²) in [5.41, 5.74) is 32.1. The second-order valence-corrected chi connectivity index (χ2v) is 27.0. The van der Waals surface area contributed by atoms with Crippen LogP contribution in [0.15, 0.2) is 250 Å². The van der Waals surface area contributed by atoms with E-state index in [9.17, 15) is 47.0 Å². The molecule has 11 N–H and O–H groups in total. The number of benzene rings is 6. The number of Topliss-reactive ketones (excluding diaryl/α,β-unsaturated/α-hetero) is 5. The number of carbonyl (C=O) groups excluding carboxylic acids is 6. The highest BCUT2D eigenvalue weighted by atomic mass is 19.1. The van der Waals surface area contributed by atoms with E-state index in [0.29, 0.717) is 80.1 Å². The van der Waals surface area contributed by atoms with E-state index in [0.717, 1.165) is 35.1 Å². The first-order valence-electron chi connectivity index (χ1n) is 38.1. The molecule has 0 radical (unpaired) electrons. The van der Waals surface area contributed by atoms with E-state index in [2.05, 4.69) is 115 Å². The van der Waals surface area contributed by atoms with Gasteiger partial charge in [0.2, 0.25) is 35.1 Å². The number of methoxy groups -OCH3 is 3. The van der Waals surface area contributed by atoms with E-state index in [4.69, 9.17) is 28.1 Å². The molecule has 0 fully saturated rings. The van der Waals surface area contributed by atoms with Crippen LogP contribution >= 0.6 is 0 Å². The number of likely N-dealkylation sites (N-methyl/N-ethyl adjacent to an activating group) is 2. The molecule has 5 aliphatic heterocycles. The fraction of sp³-hybridized carbons (Fsp3) is 0.209. The molecular weight excluding hydrogens is 1650 g/mol. The number of allylic oxidation sites excluding steroid dienone is 3. The van der Waals surface area contributed by atoms with Gasteiger partial charge in [0.15, 0.2) is 81.7 Å². The zero-order valence-electron chi connectivity index (χ0n) is 70.0. The lowest BCUT2D eigenvalue weighted by molar-refractivity contribution is -0.114. The van der Waals surface area contributed by atoms with Crippen LogP contribution in [0.4, 0.5) is 28.9 Å². The number of amides is 1. The third-order valence-corrected chi connectivity index (χ3v) is 18.4. The number of aryl methyl sites for hydroxylation is 1. The van der Waals surface area contributed by atoms with Crippen LogP contribution in [0.2, 0.25) is 0 Å². The topological polar surface area (TPSA) is 458 Å². The van der Waals surface area contributed by atoms with E-state index in [-0.39, 0.29) is 106 Å². The molecule has 6 aliphatic rings. The smallest absolute Gasteiger partial charge is 0.253 e. The number of rotatable bonds is 25. The number of aromatic nitrogens is 2. The number of hydrogen-bond donors (Lipinski definition) is 11. The summed E-state index contributed by atoms with van der Waals surface area (Å²) in [7, 11) is 7.74. The molecule has 1 aliphatic carbocycles. The van der Waals surface area contributed by atoms with E-state index in [1.807, 2.05) is 81.4 Å². The Morgan fingerprint density at radius 2 is 0.992 bits per heavy atom. The first kappa shape index (κ1) is 94.5. The second-order valence-electron chi connectivity index (χ2n) is 27.0. The number of hydrazone groups is 10. The molecule has 2 aromatic heterocycles. The summed E-state index contributed by atoms with van der Waals surface area (Å²) in [4.78, 5) is 79.0. The maximum atomic E-state index is 15.0. The third kappa shape index (κ3) is 24.7. The van der Waals surface area contributed by atoms with E-state index >= 15 is 4.39 Å². The quantitative estimate of drug-likeness (QED) is 0.00833. The lowest BCUT2D eigenvalue weighted by atomic mass is 9.88. The van der Waals surface area contributed by atoms with Gasteiger partial charge in [-0.3, -0.25) is 83.0 Å². The SMILES string of the molecule is C.CC(=O)C1=NNC(c2c(F)cccc2N(C)C(=O)/C=C/Oc2ccc(C)cc2)=NN1.CC(=O)C1=NNC(c2ccc(F)nc2)=NN1.CC(=O)C1=NNC(c2ccccc2)=NN1.CCC1CC=CC(F)=C1C1=NNC(C(C)=O)=NN1.COc1ccc(-c2ocnc2-c2cc(OC)c(C)c(OC)c2)cc1O/C=C/C(O)N(C)c1cccc(F)c1C1=NNC(C(C)=O)=NN1. The third-order valence-electron chi connectivity index (χ3n) is 18.4. The Hall–Kier alpha value is -16.4. The number of carbonyl (C=O) groups is 6. The fourth-order valence-electron chi connectivity index (χ4n) is 11.6. The van der Waals surface area contributed by atoms with Gasteiger partial charge >= 0.3 is 0 Å². The number of pyridine rings is 1. The van der Waals surface area contributed by atoms with E-state index < -0.39 is 29.7 Å². The van der Waals surface area contributed by atoms with Crippen molar-refractivity contribution in [2.75, 3.05) is 45.2 Å². The Balaban J connectivity index is 0.000000194. The van der Waals surface area contributed by atoms with E-state index in [1.165, 1.54) is 138 Å². The predicted molar refractivity (Wildman–Crippen MR) is 472 cm³/mol. The maximum Gasteiger partial charge on any atom is 0.253 e. The second kappa shape index (κ2) is 45.0. The normalized spacial score (nSPS) is 14.7. The van der Waals surface area contributed by atoms with Crippen LogP contribution in [0.5, 0.6) is 28.7 Å². The molecule has 660 valence electrons. The van der Waals surface area contributed by atoms with Crippen molar-refractivity contribution in [1.29, 1.82) is 0 Å². The van der Waals surface area contributed by atoms with Crippen molar-refractivity contribution < 1.29 is 79.5 Å². The van der Waals surface area contributed by atoms with Crippen molar-refractivity contribution in [3.8, 4) is 51.3 Å². The first-order chi connectivity index (χ1) is 60.6. The number of aliphatic hydroxyl groups excluding tert-OH is 1. The minimum absolute atomic E-state index is 0. The molecule has 0 bridgehead atoms. The highest BCUT2D eigenvalue weighted by molar-refractivity contribution is 6.40. The molecule has 2 atom stereocenters. The maximum absolute atomic E-state index is 15.0. The number of amidine groups is 10. The number of nitrogens with one attached hydrogen (secondary N) is 10. The van der Waals surface area contributed by atoms with Gasteiger partial charge < -0.3 is 43.0 Å². The molecule has 1 amide bonds. The lowest BCUT2D eigenvalue weighted by Gasteiger charge is -2.26. The molecule has 127 heavy (non-hydrogen) atoms.